The fourth-order valence-corrected chi connectivity index (χ4v) is 4.31. The molecule has 0 aromatic carbocycles. The zero-order chi connectivity index (χ0) is 21.5. The van der Waals surface area contributed by atoms with E-state index in [0.717, 1.165) is 24.3 Å². The first-order valence-corrected chi connectivity index (χ1v) is 10.4. The van der Waals surface area contributed by atoms with Crippen molar-refractivity contribution in [1.29, 1.82) is 0 Å². The highest BCUT2D eigenvalue weighted by Crippen LogP contribution is 2.51. The molecule has 2 aliphatic heterocycles. The lowest BCUT2D eigenvalue weighted by atomic mass is 10.1. The SMILES string of the molecule is CC.Cn1cc(Nc2nccc(N3CC4CC[C@H](C3)N4C(=O)C3CC3(F)F)n2)cn1. The van der Waals surface area contributed by atoms with Gasteiger partial charge in [0.05, 0.1) is 11.9 Å². The molecule has 2 aromatic rings. The lowest BCUT2D eigenvalue weighted by Crippen LogP contribution is -2.56. The van der Waals surface area contributed by atoms with Crippen LogP contribution in [-0.2, 0) is 11.8 Å². The van der Waals surface area contributed by atoms with E-state index in [-0.39, 0.29) is 24.4 Å². The van der Waals surface area contributed by atoms with Crippen LogP contribution in [0.4, 0.5) is 26.2 Å². The van der Waals surface area contributed by atoms with Crippen LogP contribution in [-0.4, -0.2) is 61.7 Å². The Balaban J connectivity index is 0.00000106. The highest BCUT2D eigenvalue weighted by Gasteiger charge is 2.64. The minimum Gasteiger partial charge on any atom is -0.352 e. The van der Waals surface area contributed by atoms with Crippen molar-refractivity contribution in [2.45, 2.75) is 51.1 Å². The van der Waals surface area contributed by atoms with E-state index in [0.29, 0.717) is 19.0 Å². The van der Waals surface area contributed by atoms with Crippen molar-refractivity contribution < 1.29 is 13.6 Å². The number of amides is 1. The van der Waals surface area contributed by atoms with Gasteiger partial charge >= 0.3 is 0 Å². The molecule has 2 unspecified atom stereocenters. The monoisotopic (exact) mass is 419 g/mol. The first-order valence-electron chi connectivity index (χ1n) is 10.4. The molecule has 3 fully saturated rings. The molecule has 4 heterocycles. The second-order valence-corrected chi connectivity index (χ2v) is 7.82. The van der Waals surface area contributed by atoms with Crippen LogP contribution in [0.15, 0.2) is 24.7 Å². The summed E-state index contributed by atoms with van der Waals surface area (Å²) in [5.74, 6) is -3.07. The summed E-state index contributed by atoms with van der Waals surface area (Å²) in [7, 11) is 1.83. The first-order chi connectivity index (χ1) is 14.4. The lowest BCUT2D eigenvalue weighted by Gasteiger charge is -2.41. The second-order valence-electron chi connectivity index (χ2n) is 7.82. The number of carbonyl (C=O) groups is 1. The minimum absolute atomic E-state index is 0.0349. The summed E-state index contributed by atoms with van der Waals surface area (Å²) < 4.78 is 28.4. The number of hydrogen-bond donors (Lipinski definition) is 1. The predicted molar refractivity (Wildman–Crippen MR) is 109 cm³/mol. The molecule has 1 saturated carbocycles. The number of halogens is 2. The minimum atomic E-state index is -2.81. The van der Waals surface area contributed by atoms with Crippen molar-refractivity contribution in [3.8, 4) is 0 Å². The van der Waals surface area contributed by atoms with Gasteiger partial charge in [-0.1, -0.05) is 13.8 Å². The summed E-state index contributed by atoms with van der Waals surface area (Å²) in [6.07, 6.45) is 6.59. The molecule has 30 heavy (non-hydrogen) atoms. The third-order valence-electron chi connectivity index (χ3n) is 5.79. The topological polar surface area (TPSA) is 79.2 Å². The molecule has 5 rings (SSSR count). The van der Waals surface area contributed by atoms with Gasteiger partial charge in [-0.15, -0.1) is 0 Å². The van der Waals surface area contributed by atoms with Gasteiger partial charge < -0.3 is 15.1 Å². The molecule has 8 nitrogen and oxygen atoms in total. The van der Waals surface area contributed by atoms with Crippen molar-refractivity contribution in [2.24, 2.45) is 13.0 Å². The van der Waals surface area contributed by atoms with Gasteiger partial charge in [0.15, 0.2) is 0 Å². The molecule has 1 amide bonds. The molecule has 1 aliphatic carbocycles. The summed E-state index contributed by atoms with van der Waals surface area (Å²) in [6.45, 7) is 5.20. The summed E-state index contributed by atoms with van der Waals surface area (Å²) in [4.78, 5) is 25.2. The molecule has 2 aromatic heterocycles. The zero-order valence-corrected chi connectivity index (χ0v) is 17.4. The Morgan fingerprint density at radius 2 is 1.90 bits per heavy atom. The van der Waals surface area contributed by atoms with E-state index in [4.69, 9.17) is 0 Å². The van der Waals surface area contributed by atoms with Gasteiger partial charge in [0, 0.05) is 51.0 Å². The van der Waals surface area contributed by atoms with E-state index in [1.165, 1.54) is 0 Å². The average Bonchev–Trinajstić information content (AvgIpc) is 3.04. The summed E-state index contributed by atoms with van der Waals surface area (Å²) in [5, 5.41) is 7.23. The van der Waals surface area contributed by atoms with Gasteiger partial charge in [-0.05, 0) is 18.9 Å². The molecule has 0 spiro atoms. The van der Waals surface area contributed by atoms with Crippen LogP contribution in [0.1, 0.15) is 33.1 Å². The van der Waals surface area contributed by atoms with E-state index in [9.17, 15) is 13.6 Å². The predicted octanol–water partition coefficient (Wildman–Crippen LogP) is 2.81. The Morgan fingerprint density at radius 3 is 2.47 bits per heavy atom. The Labute approximate surface area is 174 Å². The van der Waals surface area contributed by atoms with Crippen molar-refractivity contribution in [1.82, 2.24) is 24.6 Å². The second kappa shape index (κ2) is 7.81. The quantitative estimate of drug-likeness (QED) is 0.821. The molecule has 0 radical (unpaired) electrons. The van der Waals surface area contributed by atoms with Gasteiger partial charge in [0.1, 0.15) is 11.7 Å². The van der Waals surface area contributed by atoms with Crippen LogP contribution in [0.5, 0.6) is 0 Å². The highest BCUT2D eigenvalue weighted by atomic mass is 19.3. The summed E-state index contributed by atoms with van der Waals surface area (Å²) in [5.41, 5.74) is 0.792. The smallest absolute Gasteiger partial charge is 0.260 e. The maximum Gasteiger partial charge on any atom is 0.260 e. The van der Waals surface area contributed by atoms with Crippen molar-refractivity contribution in [2.75, 3.05) is 23.3 Å². The van der Waals surface area contributed by atoms with Crippen LogP contribution in [0.3, 0.4) is 0 Å². The van der Waals surface area contributed by atoms with Gasteiger partial charge in [-0.25, -0.2) is 13.8 Å². The van der Waals surface area contributed by atoms with Gasteiger partial charge in [0.2, 0.25) is 11.9 Å². The Kier molecular flexibility index (Phi) is 5.33. The third-order valence-corrected chi connectivity index (χ3v) is 5.79. The standard InChI is InChI=1S/C18H21F2N7O.C2H6/c1-25-8-11(7-22-25)23-17-21-5-4-15(24-17)26-9-12-2-3-13(10-26)27(12)16(28)14-6-18(14,19)20;1-2/h4-5,7-8,12-14H,2-3,6,9-10H2,1H3,(H,21,23,24);1-2H3/t12-,13?,14?;/m1./s1. The fourth-order valence-electron chi connectivity index (χ4n) is 4.31. The number of nitrogens with zero attached hydrogens (tertiary/aromatic N) is 6. The van der Waals surface area contributed by atoms with E-state index in [2.05, 4.69) is 25.3 Å². The number of piperazine rings is 1. The van der Waals surface area contributed by atoms with Crippen LogP contribution in [0.25, 0.3) is 0 Å². The summed E-state index contributed by atoms with van der Waals surface area (Å²) in [6, 6.07) is 1.76. The Bertz CT molecular complexity index is 904. The van der Waals surface area contributed by atoms with Crippen LogP contribution < -0.4 is 10.2 Å². The molecule has 10 heteroatoms. The lowest BCUT2D eigenvalue weighted by molar-refractivity contribution is -0.138. The molecule has 3 atom stereocenters. The number of carbonyl (C=O) groups excluding carboxylic acids is 1. The van der Waals surface area contributed by atoms with Crippen molar-refractivity contribution in [3.05, 3.63) is 24.7 Å². The largest absolute Gasteiger partial charge is 0.352 e. The number of anilines is 3. The van der Waals surface area contributed by atoms with Crippen LogP contribution in [0, 0.1) is 5.92 Å². The van der Waals surface area contributed by atoms with E-state index >= 15 is 0 Å². The third kappa shape index (κ3) is 3.82. The number of aromatic nitrogens is 4. The number of aryl methyl sites for hydroxylation is 1. The average molecular weight is 419 g/mol. The molecular weight excluding hydrogens is 392 g/mol. The molecule has 162 valence electrons. The van der Waals surface area contributed by atoms with E-state index in [1.54, 1.807) is 22.0 Å². The molecular formula is C20H27F2N7O. The summed E-state index contributed by atoms with van der Waals surface area (Å²) >= 11 is 0. The van der Waals surface area contributed by atoms with Gasteiger partial charge in [0.25, 0.3) is 5.92 Å². The van der Waals surface area contributed by atoms with Crippen LogP contribution >= 0.6 is 0 Å². The molecule has 3 aliphatic rings. The maximum atomic E-state index is 13.4. The number of fused-ring (bicyclic) bond motifs is 2. The van der Waals surface area contributed by atoms with Gasteiger partial charge in [-0.3, -0.25) is 9.48 Å². The zero-order valence-electron chi connectivity index (χ0n) is 17.4. The van der Waals surface area contributed by atoms with Gasteiger partial charge in [-0.2, -0.15) is 10.1 Å². The Morgan fingerprint density at radius 1 is 1.23 bits per heavy atom. The molecule has 2 saturated heterocycles. The van der Waals surface area contributed by atoms with E-state index < -0.39 is 11.8 Å². The normalized spacial score (nSPS) is 26.1. The number of alkyl halides is 2. The molecule has 1 N–H and O–H groups in total. The fraction of sp³-hybridized carbons (Fsp3) is 0.600. The van der Waals surface area contributed by atoms with Crippen molar-refractivity contribution in [3.63, 3.8) is 0 Å². The maximum absolute atomic E-state index is 13.4. The van der Waals surface area contributed by atoms with Crippen molar-refractivity contribution >= 4 is 23.4 Å². The highest BCUT2D eigenvalue weighted by molar-refractivity contribution is 5.84. The van der Waals surface area contributed by atoms with E-state index in [1.807, 2.05) is 33.2 Å². The number of rotatable bonds is 4. The Hall–Kier alpha value is -2.78. The first kappa shape index (κ1) is 20.5. The number of hydrogen-bond acceptors (Lipinski definition) is 6. The molecule has 2 bridgehead atoms. The van der Waals surface area contributed by atoms with Crippen LogP contribution in [0.2, 0.25) is 0 Å². The number of nitrogens with one attached hydrogen (secondary N) is 1.